The summed E-state index contributed by atoms with van der Waals surface area (Å²) in [5, 5.41) is 0. The Morgan fingerprint density at radius 2 is 1.85 bits per heavy atom. The van der Waals surface area contributed by atoms with E-state index >= 15 is 0 Å². The number of unbranched alkanes of at least 4 members (excludes halogenated alkanes) is 2. The average molecular weight is 183 g/mol. The molecule has 2 heteroatoms. The molecule has 2 nitrogen and oxygen atoms in total. The minimum absolute atomic E-state index is 0.334. The van der Waals surface area contributed by atoms with Crippen molar-refractivity contribution in [2.75, 3.05) is 19.6 Å². The van der Waals surface area contributed by atoms with Crippen molar-refractivity contribution in [2.24, 2.45) is 0 Å². The highest BCUT2D eigenvalue weighted by Gasteiger charge is 2.09. The second kappa shape index (κ2) is 6.14. The summed E-state index contributed by atoms with van der Waals surface area (Å²) < 4.78 is 0. The average Bonchev–Trinajstić information content (AvgIpc) is 2.55. The van der Waals surface area contributed by atoms with Crippen LogP contribution >= 0.6 is 0 Å². The molecule has 1 aliphatic heterocycles. The van der Waals surface area contributed by atoms with Crippen LogP contribution in [0.15, 0.2) is 0 Å². The van der Waals surface area contributed by atoms with Gasteiger partial charge in [-0.15, -0.1) is 0 Å². The molecule has 0 spiro atoms. The van der Waals surface area contributed by atoms with Crippen molar-refractivity contribution in [1.82, 2.24) is 4.90 Å². The third-order valence-corrected chi connectivity index (χ3v) is 2.70. The smallest absolute Gasteiger partial charge is 0.129 e. The Labute approximate surface area is 81.3 Å². The highest BCUT2D eigenvalue weighted by atomic mass is 16.1. The maximum Gasteiger partial charge on any atom is 0.129 e. The quantitative estimate of drug-likeness (QED) is 0.589. The summed E-state index contributed by atoms with van der Waals surface area (Å²) in [5.74, 6) is 0.334. The number of hydrogen-bond acceptors (Lipinski definition) is 2. The molecular formula is C11H21NO. The first-order valence-electron chi connectivity index (χ1n) is 5.51. The lowest BCUT2D eigenvalue weighted by Crippen LogP contribution is -2.20. The Morgan fingerprint density at radius 3 is 2.46 bits per heavy atom. The number of rotatable bonds is 6. The lowest BCUT2D eigenvalue weighted by Gasteiger charge is -2.13. The van der Waals surface area contributed by atoms with E-state index in [9.17, 15) is 4.79 Å². The zero-order valence-electron chi connectivity index (χ0n) is 8.72. The van der Waals surface area contributed by atoms with Gasteiger partial charge in [0.15, 0.2) is 0 Å². The summed E-state index contributed by atoms with van der Waals surface area (Å²) in [6, 6.07) is 0. The van der Waals surface area contributed by atoms with Crippen LogP contribution in [0.1, 0.15) is 45.4 Å². The predicted octanol–water partition coefficient (Wildman–Crippen LogP) is 2.23. The van der Waals surface area contributed by atoms with Gasteiger partial charge in [-0.1, -0.05) is 6.42 Å². The van der Waals surface area contributed by atoms with Gasteiger partial charge in [0.25, 0.3) is 0 Å². The minimum Gasteiger partial charge on any atom is -0.303 e. The Morgan fingerprint density at radius 1 is 1.15 bits per heavy atom. The molecule has 1 saturated heterocycles. The van der Waals surface area contributed by atoms with Gasteiger partial charge in [-0.05, 0) is 52.2 Å². The SMILES string of the molecule is CC(=O)CCCCCN1CCCC1. The van der Waals surface area contributed by atoms with E-state index in [1.54, 1.807) is 6.92 Å². The minimum atomic E-state index is 0.334. The highest BCUT2D eigenvalue weighted by Crippen LogP contribution is 2.09. The lowest BCUT2D eigenvalue weighted by molar-refractivity contribution is -0.117. The van der Waals surface area contributed by atoms with Crippen molar-refractivity contribution >= 4 is 5.78 Å². The molecule has 1 aliphatic rings. The molecule has 0 bridgehead atoms. The third kappa shape index (κ3) is 5.04. The van der Waals surface area contributed by atoms with Crippen molar-refractivity contribution in [3.8, 4) is 0 Å². The summed E-state index contributed by atoms with van der Waals surface area (Å²) in [6.07, 6.45) is 7.12. The monoisotopic (exact) mass is 183 g/mol. The zero-order valence-corrected chi connectivity index (χ0v) is 8.72. The predicted molar refractivity (Wildman–Crippen MR) is 54.8 cm³/mol. The molecule has 76 valence electrons. The van der Waals surface area contributed by atoms with Gasteiger partial charge in [-0.25, -0.2) is 0 Å². The van der Waals surface area contributed by atoms with Crippen molar-refractivity contribution in [2.45, 2.75) is 45.4 Å². The van der Waals surface area contributed by atoms with E-state index in [1.807, 2.05) is 0 Å². The lowest BCUT2D eigenvalue weighted by atomic mass is 10.1. The van der Waals surface area contributed by atoms with Crippen LogP contribution in [0, 0.1) is 0 Å². The Bertz CT molecular complexity index is 150. The Hall–Kier alpha value is -0.370. The summed E-state index contributed by atoms with van der Waals surface area (Å²) in [5.41, 5.74) is 0. The van der Waals surface area contributed by atoms with Gasteiger partial charge in [0.05, 0.1) is 0 Å². The fourth-order valence-electron chi connectivity index (χ4n) is 1.89. The molecule has 0 aromatic rings. The molecule has 1 heterocycles. The number of nitrogens with zero attached hydrogens (tertiary/aromatic N) is 1. The molecule has 0 unspecified atom stereocenters. The van der Waals surface area contributed by atoms with Crippen molar-refractivity contribution in [3.63, 3.8) is 0 Å². The maximum atomic E-state index is 10.7. The van der Waals surface area contributed by atoms with Gasteiger partial charge < -0.3 is 9.69 Å². The Balaban J connectivity index is 1.86. The number of hydrogen-bond donors (Lipinski definition) is 0. The summed E-state index contributed by atoms with van der Waals surface area (Å²) in [4.78, 5) is 13.2. The van der Waals surface area contributed by atoms with E-state index in [1.165, 1.54) is 45.3 Å². The molecule has 0 N–H and O–H groups in total. The first-order chi connectivity index (χ1) is 6.29. The molecule has 0 aliphatic carbocycles. The second-order valence-corrected chi connectivity index (χ2v) is 4.06. The fourth-order valence-corrected chi connectivity index (χ4v) is 1.89. The summed E-state index contributed by atoms with van der Waals surface area (Å²) in [7, 11) is 0. The van der Waals surface area contributed by atoms with E-state index in [-0.39, 0.29) is 0 Å². The van der Waals surface area contributed by atoms with Crippen LogP contribution in [0.5, 0.6) is 0 Å². The van der Waals surface area contributed by atoms with E-state index in [4.69, 9.17) is 0 Å². The first kappa shape index (κ1) is 10.7. The van der Waals surface area contributed by atoms with Gasteiger partial charge in [0, 0.05) is 6.42 Å². The molecule has 1 rings (SSSR count). The maximum absolute atomic E-state index is 10.7. The topological polar surface area (TPSA) is 20.3 Å². The van der Waals surface area contributed by atoms with Crippen LogP contribution in [0.3, 0.4) is 0 Å². The molecular weight excluding hydrogens is 162 g/mol. The molecule has 0 atom stereocenters. The number of carbonyl (C=O) groups excluding carboxylic acids is 1. The van der Waals surface area contributed by atoms with Crippen LogP contribution in [0.2, 0.25) is 0 Å². The standard InChI is InChI=1S/C11H21NO/c1-11(13)7-3-2-4-8-12-9-5-6-10-12/h2-10H2,1H3. The van der Waals surface area contributed by atoms with Crippen molar-refractivity contribution in [3.05, 3.63) is 0 Å². The number of Topliss-reactive ketones (excluding diaryl/α,β-unsaturated/α-hetero) is 1. The van der Waals surface area contributed by atoms with Crippen molar-refractivity contribution in [1.29, 1.82) is 0 Å². The fraction of sp³-hybridized carbons (Fsp3) is 0.909. The van der Waals surface area contributed by atoms with E-state index in [0.717, 1.165) is 12.8 Å². The molecule has 0 saturated carbocycles. The van der Waals surface area contributed by atoms with Gasteiger partial charge in [-0.3, -0.25) is 0 Å². The van der Waals surface area contributed by atoms with Crippen LogP contribution in [-0.4, -0.2) is 30.3 Å². The second-order valence-electron chi connectivity index (χ2n) is 4.06. The molecule has 1 fully saturated rings. The van der Waals surface area contributed by atoms with E-state index < -0.39 is 0 Å². The van der Waals surface area contributed by atoms with E-state index in [0.29, 0.717) is 5.78 Å². The van der Waals surface area contributed by atoms with Crippen LogP contribution in [0.25, 0.3) is 0 Å². The van der Waals surface area contributed by atoms with Crippen molar-refractivity contribution < 1.29 is 4.79 Å². The zero-order chi connectivity index (χ0) is 9.52. The van der Waals surface area contributed by atoms with Gasteiger partial charge in [0.1, 0.15) is 5.78 Å². The van der Waals surface area contributed by atoms with Crippen LogP contribution < -0.4 is 0 Å². The van der Waals surface area contributed by atoms with Gasteiger partial charge >= 0.3 is 0 Å². The van der Waals surface area contributed by atoms with E-state index in [2.05, 4.69) is 4.90 Å². The molecule has 0 amide bonds. The number of carbonyl (C=O) groups is 1. The molecule has 0 radical (unpaired) electrons. The molecule has 0 aromatic heterocycles. The highest BCUT2D eigenvalue weighted by molar-refractivity contribution is 5.75. The van der Waals surface area contributed by atoms with Gasteiger partial charge in [-0.2, -0.15) is 0 Å². The first-order valence-corrected chi connectivity index (χ1v) is 5.51. The Kier molecular flexibility index (Phi) is 5.06. The normalized spacial score (nSPS) is 17.9. The summed E-state index contributed by atoms with van der Waals surface area (Å²) >= 11 is 0. The third-order valence-electron chi connectivity index (χ3n) is 2.70. The summed E-state index contributed by atoms with van der Waals surface area (Å²) in [6.45, 7) is 5.53. The number of likely N-dealkylation sites (tertiary alicyclic amines) is 1. The largest absolute Gasteiger partial charge is 0.303 e. The number of ketones is 1. The molecule has 13 heavy (non-hydrogen) atoms. The van der Waals surface area contributed by atoms with Crippen LogP contribution in [-0.2, 0) is 4.79 Å². The molecule has 0 aromatic carbocycles. The van der Waals surface area contributed by atoms with Crippen LogP contribution in [0.4, 0.5) is 0 Å². The van der Waals surface area contributed by atoms with Gasteiger partial charge in [0.2, 0.25) is 0 Å².